The van der Waals surface area contributed by atoms with E-state index in [4.69, 9.17) is 9.47 Å². The average Bonchev–Trinajstić information content (AvgIpc) is 2.49. The summed E-state index contributed by atoms with van der Waals surface area (Å²) in [5, 5.41) is 0. The van der Waals surface area contributed by atoms with Crippen molar-refractivity contribution < 1.29 is 14.3 Å². The third-order valence-corrected chi connectivity index (χ3v) is 2.36. The van der Waals surface area contributed by atoms with Crippen molar-refractivity contribution in [2.45, 2.75) is 45.3 Å². The summed E-state index contributed by atoms with van der Waals surface area (Å²) in [5.41, 5.74) is -0.419. The summed E-state index contributed by atoms with van der Waals surface area (Å²) in [6.07, 6.45) is 1.82. The van der Waals surface area contributed by atoms with E-state index in [1.165, 1.54) is 0 Å². The summed E-state index contributed by atoms with van der Waals surface area (Å²) in [4.78, 5) is 13.6. The van der Waals surface area contributed by atoms with E-state index in [2.05, 4.69) is 0 Å². The molecule has 0 aliphatic carbocycles. The first-order valence-corrected chi connectivity index (χ1v) is 5.42. The van der Waals surface area contributed by atoms with Gasteiger partial charge in [-0.3, -0.25) is 0 Å². The monoisotopic (exact) mass is 249 g/mol. The second-order valence-corrected chi connectivity index (χ2v) is 4.93. The predicted octanol–water partition coefficient (Wildman–Crippen LogP) is 2.15. The molecule has 96 valence electrons. The van der Waals surface area contributed by atoms with Crippen LogP contribution in [0.15, 0.2) is 0 Å². The maximum atomic E-state index is 11.8. The van der Waals surface area contributed by atoms with Crippen molar-refractivity contribution in [3.63, 3.8) is 0 Å². The summed E-state index contributed by atoms with van der Waals surface area (Å²) in [6.45, 7) is 7.02. The average molecular weight is 249 g/mol. The van der Waals surface area contributed by atoms with Gasteiger partial charge in [-0.15, -0.1) is 0 Å². The Morgan fingerprint density at radius 1 is 1.44 bits per heavy atom. The number of hydrogen-bond acceptors (Lipinski definition) is 3. The lowest BCUT2D eigenvalue weighted by Gasteiger charge is -2.28. The van der Waals surface area contributed by atoms with Gasteiger partial charge in [-0.2, -0.15) is 13.5 Å². The van der Waals surface area contributed by atoms with Gasteiger partial charge in [0, 0.05) is 13.7 Å². The van der Waals surface area contributed by atoms with Gasteiger partial charge in [0.1, 0.15) is 5.60 Å². The number of nitrogens with zero attached hydrogens (tertiary/aromatic N) is 1. The molecule has 0 spiro atoms. The topological polar surface area (TPSA) is 38.8 Å². The number of rotatable bonds is 2. The Kier molecular flexibility index (Phi) is 6.18. The Morgan fingerprint density at radius 3 is 2.56 bits per heavy atom. The van der Waals surface area contributed by atoms with Crippen LogP contribution in [0.2, 0.25) is 0 Å². The SMILES string of the molecule is COCC1CCCN1C(=O)OC(C)(C)C.S. The molecule has 0 aromatic carbocycles. The second kappa shape index (κ2) is 6.35. The Morgan fingerprint density at radius 2 is 2.06 bits per heavy atom. The molecule has 1 fully saturated rings. The highest BCUT2D eigenvalue weighted by Gasteiger charge is 2.31. The molecule has 0 radical (unpaired) electrons. The van der Waals surface area contributed by atoms with Gasteiger partial charge in [0.15, 0.2) is 0 Å². The highest BCUT2D eigenvalue weighted by atomic mass is 32.1. The summed E-state index contributed by atoms with van der Waals surface area (Å²) in [7, 11) is 1.66. The van der Waals surface area contributed by atoms with E-state index in [1.807, 2.05) is 20.8 Å². The summed E-state index contributed by atoms with van der Waals surface area (Å²) in [6, 6.07) is 0.185. The first-order valence-electron chi connectivity index (χ1n) is 5.42. The van der Waals surface area contributed by atoms with Crippen LogP contribution in [-0.4, -0.2) is 42.9 Å². The lowest BCUT2D eigenvalue weighted by molar-refractivity contribution is 0.0148. The molecule has 0 saturated carbocycles. The van der Waals surface area contributed by atoms with Crippen molar-refractivity contribution in [1.82, 2.24) is 4.90 Å². The molecule has 0 aromatic rings. The highest BCUT2D eigenvalue weighted by Crippen LogP contribution is 2.20. The number of amides is 1. The van der Waals surface area contributed by atoms with Crippen LogP contribution in [0, 0.1) is 0 Å². The Bertz CT molecular complexity index is 228. The second-order valence-electron chi connectivity index (χ2n) is 4.93. The van der Waals surface area contributed by atoms with Gasteiger partial charge in [-0.25, -0.2) is 4.79 Å². The van der Waals surface area contributed by atoms with Crippen LogP contribution < -0.4 is 0 Å². The van der Waals surface area contributed by atoms with Gasteiger partial charge in [0.25, 0.3) is 0 Å². The molecule has 1 unspecified atom stereocenters. The van der Waals surface area contributed by atoms with Gasteiger partial charge < -0.3 is 14.4 Å². The highest BCUT2D eigenvalue weighted by molar-refractivity contribution is 7.59. The van der Waals surface area contributed by atoms with Crippen molar-refractivity contribution in [3.8, 4) is 0 Å². The Balaban J connectivity index is 0.00000225. The minimum absolute atomic E-state index is 0. The number of hydrogen-bond donors (Lipinski definition) is 0. The van der Waals surface area contributed by atoms with Crippen LogP contribution >= 0.6 is 13.5 Å². The quantitative estimate of drug-likeness (QED) is 0.752. The van der Waals surface area contributed by atoms with Gasteiger partial charge in [0.2, 0.25) is 0 Å². The molecule has 0 bridgehead atoms. The molecule has 4 nitrogen and oxygen atoms in total. The van der Waals surface area contributed by atoms with Gasteiger partial charge in [-0.1, -0.05) is 0 Å². The van der Waals surface area contributed by atoms with Gasteiger partial charge in [0.05, 0.1) is 12.6 Å². The van der Waals surface area contributed by atoms with Crippen molar-refractivity contribution in [3.05, 3.63) is 0 Å². The molecule has 1 atom stereocenters. The first kappa shape index (κ1) is 15.6. The minimum Gasteiger partial charge on any atom is -0.444 e. The number of carbonyl (C=O) groups excluding carboxylic acids is 1. The summed E-state index contributed by atoms with van der Waals surface area (Å²) >= 11 is 0. The van der Waals surface area contributed by atoms with E-state index in [9.17, 15) is 4.79 Å². The first-order chi connectivity index (χ1) is 6.94. The fourth-order valence-corrected chi connectivity index (χ4v) is 1.76. The lowest BCUT2D eigenvalue weighted by atomic mass is 10.2. The van der Waals surface area contributed by atoms with Crippen molar-refractivity contribution in [1.29, 1.82) is 0 Å². The van der Waals surface area contributed by atoms with Crippen LogP contribution in [0.3, 0.4) is 0 Å². The van der Waals surface area contributed by atoms with E-state index in [1.54, 1.807) is 12.0 Å². The van der Waals surface area contributed by atoms with E-state index in [0.29, 0.717) is 6.61 Å². The van der Waals surface area contributed by atoms with Crippen LogP contribution in [0.4, 0.5) is 4.79 Å². The molecule has 5 heteroatoms. The third-order valence-electron chi connectivity index (χ3n) is 2.36. The van der Waals surface area contributed by atoms with Crippen molar-refractivity contribution in [2.24, 2.45) is 0 Å². The minimum atomic E-state index is -0.419. The molecule has 1 amide bonds. The van der Waals surface area contributed by atoms with E-state index in [-0.39, 0.29) is 25.6 Å². The number of carbonyl (C=O) groups is 1. The largest absolute Gasteiger partial charge is 0.444 e. The maximum Gasteiger partial charge on any atom is 0.410 e. The summed E-state index contributed by atoms with van der Waals surface area (Å²) in [5.74, 6) is 0. The number of likely N-dealkylation sites (tertiary alicyclic amines) is 1. The normalized spacial score (nSPS) is 20.5. The zero-order valence-corrected chi connectivity index (χ0v) is 11.6. The number of methoxy groups -OCH3 is 1. The van der Waals surface area contributed by atoms with Gasteiger partial charge >= 0.3 is 6.09 Å². The summed E-state index contributed by atoms with van der Waals surface area (Å²) < 4.78 is 10.4. The fourth-order valence-electron chi connectivity index (χ4n) is 1.76. The molecular formula is C11H23NO3S. The van der Waals surface area contributed by atoms with E-state index in [0.717, 1.165) is 19.4 Å². The Labute approximate surface area is 105 Å². The third kappa shape index (κ3) is 4.61. The predicted molar refractivity (Wildman–Crippen MR) is 68.2 cm³/mol. The smallest absolute Gasteiger partial charge is 0.410 e. The standard InChI is InChI=1S/C11H21NO3.H2S/c1-11(2,3)15-10(13)12-7-5-6-9(12)8-14-4;/h9H,5-8H2,1-4H3;1H2. The van der Waals surface area contributed by atoms with Crippen LogP contribution in [0.1, 0.15) is 33.6 Å². The molecule has 1 aliphatic rings. The van der Waals surface area contributed by atoms with Crippen LogP contribution in [0.5, 0.6) is 0 Å². The molecule has 1 saturated heterocycles. The molecule has 1 rings (SSSR count). The van der Waals surface area contributed by atoms with E-state index < -0.39 is 5.60 Å². The molecule has 1 aliphatic heterocycles. The van der Waals surface area contributed by atoms with Crippen molar-refractivity contribution >= 4 is 19.6 Å². The Hall–Kier alpha value is -0.420. The molecule has 1 heterocycles. The molecule has 0 aromatic heterocycles. The fraction of sp³-hybridized carbons (Fsp3) is 0.909. The molecular weight excluding hydrogens is 226 g/mol. The van der Waals surface area contributed by atoms with E-state index >= 15 is 0 Å². The van der Waals surface area contributed by atoms with Crippen LogP contribution in [-0.2, 0) is 9.47 Å². The number of ether oxygens (including phenoxy) is 2. The maximum absolute atomic E-state index is 11.8. The van der Waals surface area contributed by atoms with Gasteiger partial charge in [-0.05, 0) is 33.6 Å². The van der Waals surface area contributed by atoms with Crippen LogP contribution in [0.25, 0.3) is 0 Å². The zero-order valence-electron chi connectivity index (χ0n) is 10.6. The zero-order chi connectivity index (χ0) is 11.5. The lowest BCUT2D eigenvalue weighted by Crippen LogP contribution is -2.41. The molecule has 0 N–H and O–H groups in total. The molecule has 16 heavy (non-hydrogen) atoms. The van der Waals surface area contributed by atoms with Crippen molar-refractivity contribution in [2.75, 3.05) is 20.3 Å².